The number of nitrogens with zero attached hydrogens (tertiary/aromatic N) is 1. The normalized spacial score (nSPS) is 26.5. The number of hydrogen-bond donors (Lipinski definition) is 1. The molecule has 2 nitrogen and oxygen atoms in total. The van der Waals surface area contributed by atoms with Gasteiger partial charge in [-0.1, -0.05) is 32.0 Å². The van der Waals surface area contributed by atoms with Crippen LogP contribution in [0.5, 0.6) is 0 Å². The van der Waals surface area contributed by atoms with Gasteiger partial charge in [-0.3, -0.25) is 0 Å². The fourth-order valence-electron chi connectivity index (χ4n) is 3.66. The van der Waals surface area contributed by atoms with Crippen molar-refractivity contribution in [2.75, 3.05) is 18.0 Å². The summed E-state index contributed by atoms with van der Waals surface area (Å²) in [5.74, 6) is 0.841. The van der Waals surface area contributed by atoms with Crippen LogP contribution in [-0.2, 0) is 0 Å². The molecular formula is C18H30N2. The van der Waals surface area contributed by atoms with Gasteiger partial charge >= 0.3 is 0 Å². The van der Waals surface area contributed by atoms with Crippen LogP contribution >= 0.6 is 0 Å². The molecule has 0 amide bonds. The van der Waals surface area contributed by atoms with E-state index in [-0.39, 0.29) is 0 Å². The third kappa shape index (κ3) is 3.35. The van der Waals surface area contributed by atoms with Gasteiger partial charge in [-0.25, -0.2) is 0 Å². The maximum Gasteiger partial charge on any atom is 0.0445 e. The van der Waals surface area contributed by atoms with E-state index in [0.29, 0.717) is 12.1 Å². The highest BCUT2D eigenvalue weighted by atomic mass is 15.2. The number of anilines is 1. The predicted molar refractivity (Wildman–Crippen MR) is 88.5 cm³/mol. The molecular weight excluding hydrogens is 244 g/mol. The Morgan fingerprint density at radius 3 is 2.60 bits per heavy atom. The Balaban J connectivity index is 2.25. The highest BCUT2D eigenvalue weighted by Crippen LogP contribution is 2.32. The molecule has 3 unspecified atom stereocenters. The largest absolute Gasteiger partial charge is 0.367 e. The SMILES string of the molecule is CCNC1CCC(C)CC1N(CC)c1ccccc1C. The minimum absolute atomic E-state index is 0.629. The number of rotatable bonds is 5. The maximum absolute atomic E-state index is 3.72. The number of benzene rings is 1. The third-order valence-corrected chi connectivity index (χ3v) is 4.71. The smallest absolute Gasteiger partial charge is 0.0445 e. The average Bonchev–Trinajstić information content (AvgIpc) is 2.44. The Kier molecular flexibility index (Phi) is 5.47. The van der Waals surface area contributed by atoms with E-state index < -0.39 is 0 Å². The van der Waals surface area contributed by atoms with Gasteiger partial charge in [0.25, 0.3) is 0 Å². The lowest BCUT2D eigenvalue weighted by molar-refractivity contribution is 0.262. The van der Waals surface area contributed by atoms with Gasteiger partial charge in [0.15, 0.2) is 0 Å². The maximum atomic E-state index is 3.72. The molecule has 0 spiro atoms. The van der Waals surface area contributed by atoms with Gasteiger partial charge in [0.2, 0.25) is 0 Å². The van der Waals surface area contributed by atoms with E-state index in [2.05, 4.69) is 62.2 Å². The summed E-state index contributed by atoms with van der Waals surface area (Å²) in [6.45, 7) is 11.3. The number of para-hydroxylation sites is 1. The molecule has 2 heteroatoms. The molecule has 20 heavy (non-hydrogen) atoms. The molecule has 0 aromatic heterocycles. The number of aryl methyl sites for hydroxylation is 1. The van der Waals surface area contributed by atoms with Crippen LogP contribution in [0.4, 0.5) is 5.69 Å². The van der Waals surface area contributed by atoms with Crippen molar-refractivity contribution >= 4 is 5.69 Å². The lowest BCUT2D eigenvalue weighted by atomic mass is 9.82. The zero-order valence-electron chi connectivity index (χ0n) is 13.5. The van der Waals surface area contributed by atoms with E-state index in [1.807, 2.05) is 0 Å². The molecule has 0 radical (unpaired) electrons. The summed E-state index contributed by atoms with van der Waals surface area (Å²) in [5, 5.41) is 3.72. The van der Waals surface area contributed by atoms with Gasteiger partial charge in [0.05, 0.1) is 0 Å². The second-order valence-corrected chi connectivity index (χ2v) is 6.22. The molecule has 0 saturated heterocycles. The minimum atomic E-state index is 0.629. The van der Waals surface area contributed by atoms with Crippen molar-refractivity contribution in [2.45, 2.75) is 59.0 Å². The van der Waals surface area contributed by atoms with E-state index >= 15 is 0 Å². The van der Waals surface area contributed by atoms with E-state index in [1.165, 1.54) is 30.5 Å². The molecule has 0 heterocycles. The van der Waals surface area contributed by atoms with Crippen LogP contribution in [0.25, 0.3) is 0 Å². The van der Waals surface area contributed by atoms with Gasteiger partial charge in [-0.15, -0.1) is 0 Å². The van der Waals surface area contributed by atoms with Crippen LogP contribution in [0.3, 0.4) is 0 Å². The van der Waals surface area contributed by atoms with Gasteiger partial charge < -0.3 is 10.2 Å². The second kappa shape index (κ2) is 7.12. The van der Waals surface area contributed by atoms with Crippen molar-refractivity contribution < 1.29 is 0 Å². The summed E-state index contributed by atoms with van der Waals surface area (Å²) < 4.78 is 0. The fourth-order valence-corrected chi connectivity index (χ4v) is 3.66. The van der Waals surface area contributed by atoms with E-state index in [0.717, 1.165) is 19.0 Å². The van der Waals surface area contributed by atoms with Crippen LogP contribution in [-0.4, -0.2) is 25.2 Å². The molecule has 1 aromatic carbocycles. The molecule has 112 valence electrons. The molecule has 1 saturated carbocycles. The monoisotopic (exact) mass is 274 g/mol. The first-order valence-corrected chi connectivity index (χ1v) is 8.23. The fraction of sp³-hybridized carbons (Fsp3) is 0.667. The van der Waals surface area contributed by atoms with Crippen molar-refractivity contribution in [2.24, 2.45) is 5.92 Å². The molecule has 1 N–H and O–H groups in total. The number of hydrogen-bond acceptors (Lipinski definition) is 2. The second-order valence-electron chi connectivity index (χ2n) is 6.22. The Labute approximate surface area is 124 Å². The zero-order chi connectivity index (χ0) is 14.5. The Morgan fingerprint density at radius 1 is 1.20 bits per heavy atom. The Bertz CT molecular complexity index is 416. The number of likely N-dealkylation sites (N-methyl/N-ethyl adjacent to an activating group) is 2. The van der Waals surface area contributed by atoms with Crippen LogP contribution in [0, 0.1) is 12.8 Å². The predicted octanol–water partition coefficient (Wildman–Crippen LogP) is 3.99. The van der Waals surface area contributed by atoms with Gasteiger partial charge in [0, 0.05) is 24.3 Å². The number of nitrogens with one attached hydrogen (secondary N) is 1. The summed E-state index contributed by atoms with van der Waals surface area (Å²) in [6, 6.07) is 10.1. The van der Waals surface area contributed by atoms with E-state index in [4.69, 9.17) is 0 Å². The summed E-state index contributed by atoms with van der Waals surface area (Å²) in [6.07, 6.45) is 3.97. The van der Waals surface area contributed by atoms with E-state index in [9.17, 15) is 0 Å². The van der Waals surface area contributed by atoms with Crippen molar-refractivity contribution in [3.05, 3.63) is 29.8 Å². The Morgan fingerprint density at radius 2 is 1.95 bits per heavy atom. The quantitative estimate of drug-likeness (QED) is 0.873. The first kappa shape index (κ1) is 15.4. The standard InChI is InChI=1S/C18H30N2/c1-5-19-16-12-11-14(3)13-18(16)20(6-2)17-10-8-7-9-15(17)4/h7-10,14,16,18-19H,5-6,11-13H2,1-4H3. The van der Waals surface area contributed by atoms with Crippen LogP contribution in [0.1, 0.15) is 45.6 Å². The molecule has 1 aromatic rings. The first-order chi connectivity index (χ1) is 9.67. The first-order valence-electron chi connectivity index (χ1n) is 8.23. The summed E-state index contributed by atoms with van der Waals surface area (Å²) >= 11 is 0. The Hall–Kier alpha value is -1.02. The minimum Gasteiger partial charge on any atom is -0.367 e. The lowest BCUT2D eigenvalue weighted by Gasteiger charge is -2.43. The van der Waals surface area contributed by atoms with Gasteiger partial charge in [-0.05, 0) is 57.2 Å². The topological polar surface area (TPSA) is 15.3 Å². The molecule has 1 aliphatic carbocycles. The van der Waals surface area contributed by atoms with Crippen molar-refractivity contribution in [3.8, 4) is 0 Å². The molecule has 2 rings (SSSR count). The molecule has 0 aliphatic heterocycles. The summed E-state index contributed by atoms with van der Waals surface area (Å²) in [5.41, 5.74) is 2.81. The van der Waals surface area contributed by atoms with Crippen LogP contribution in [0.2, 0.25) is 0 Å². The van der Waals surface area contributed by atoms with Crippen molar-refractivity contribution in [1.29, 1.82) is 0 Å². The highest BCUT2D eigenvalue weighted by molar-refractivity contribution is 5.54. The molecule has 1 aliphatic rings. The van der Waals surface area contributed by atoms with Gasteiger partial charge in [0.1, 0.15) is 0 Å². The average molecular weight is 274 g/mol. The zero-order valence-corrected chi connectivity index (χ0v) is 13.5. The molecule has 0 bridgehead atoms. The lowest BCUT2D eigenvalue weighted by Crippen LogP contribution is -2.53. The van der Waals surface area contributed by atoms with E-state index in [1.54, 1.807) is 0 Å². The van der Waals surface area contributed by atoms with Gasteiger partial charge in [-0.2, -0.15) is 0 Å². The van der Waals surface area contributed by atoms with Crippen molar-refractivity contribution in [1.82, 2.24) is 5.32 Å². The third-order valence-electron chi connectivity index (χ3n) is 4.71. The van der Waals surface area contributed by atoms with Crippen LogP contribution in [0.15, 0.2) is 24.3 Å². The summed E-state index contributed by atoms with van der Waals surface area (Å²) in [4.78, 5) is 2.62. The van der Waals surface area contributed by atoms with Crippen LogP contribution < -0.4 is 10.2 Å². The molecule has 3 atom stereocenters. The molecule has 1 fully saturated rings. The highest BCUT2D eigenvalue weighted by Gasteiger charge is 2.32. The summed E-state index contributed by atoms with van der Waals surface area (Å²) in [7, 11) is 0. The van der Waals surface area contributed by atoms with Crippen molar-refractivity contribution in [3.63, 3.8) is 0 Å².